The third-order valence-corrected chi connectivity index (χ3v) is 0.753. The van der Waals surface area contributed by atoms with E-state index < -0.39 is 0 Å². The van der Waals surface area contributed by atoms with Crippen molar-refractivity contribution in [2.45, 2.75) is 13.8 Å². The van der Waals surface area contributed by atoms with Crippen LogP contribution in [0.2, 0.25) is 0 Å². The fraction of sp³-hybridized carbons (Fsp3) is 0.667. The second kappa shape index (κ2) is 3.72. The first-order chi connectivity index (χ1) is 3.39. The highest BCUT2D eigenvalue weighted by molar-refractivity contribution is 4.94. The van der Waals surface area contributed by atoms with Crippen LogP contribution < -0.4 is 0 Å². The van der Waals surface area contributed by atoms with E-state index in [1.807, 2.05) is 13.8 Å². The van der Waals surface area contributed by atoms with Crippen molar-refractivity contribution in [3.8, 4) is 0 Å². The number of hydrogen-bond donors (Lipinski definition) is 0. The highest BCUT2D eigenvalue weighted by Gasteiger charge is 1.91. The van der Waals surface area contributed by atoms with Gasteiger partial charge in [0.1, 0.15) is 0 Å². The molecule has 0 fully saturated rings. The molecule has 1 aliphatic heterocycles. The van der Waals surface area contributed by atoms with Crippen LogP contribution in [0.5, 0.6) is 0 Å². The molecule has 0 N–H and O–H groups in total. The van der Waals surface area contributed by atoms with E-state index >= 15 is 0 Å². The zero-order valence-corrected chi connectivity index (χ0v) is 5.31. The summed E-state index contributed by atoms with van der Waals surface area (Å²) in [7, 11) is 2.06. The number of likely N-dealkylation sites (N-methyl/N-ethyl adjacent to an activating group) is 1. The largest absolute Gasteiger partial charge is 0.377 e. The summed E-state index contributed by atoms with van der Waals surface area (Å²) in [6.45, 7) is 5.14. The average Bonchev–Trinajstić information content (AvgIpc) is 1.68. The molecule has 42 valence electrons. The normalized spacial score (nSPS) is 14.4. The van der Waals surface area contributed by atoms with Crippen LogP contribution in [0.3, 0.4) is 0 Å². The van der Waals surface area contributed by atoms with Gasteiger partial charge in [0.05, 0.1) is 0 Å². The van der Waals surface area contributed by atoms with Crippen molar-refractivity contribution in [3.05, 3.63) is 12.3 Å². The summed E-state index contributed by atoms with van der Waals surface area (Å²) in [6.07, 6.45) is 4.18. The first-order valence-corrected chi connectivity index (χ1v) is 2.76. The number of rotatable bonds is 0. The first kappa shape index (κ1) is 6.54. The van der Waals surface area contributed by atoms with Crippen LogP contribution in [0, 0.1) is 0 Å². The highest BCUT2D eigenvalue weighted by Crippen LogP contribution is 1.93. The molecule has 1 rings (SSSR count). The molecule has 1 nitrogen and oxygen atoms in total. The molecule has 0 aromatic heterocycles. The van der Waals surface area contributed by atoms with Gasteiger partial charge in [-0.3, -0.25) is 0 Å². The number of nitrogens with zero attached hydrogens (tertiary/aromatic N) is 1. The van der Waals surface area contributed by atoms with Gasteiger partial charge in [0.2, 0.25) is 0 Å². The lowest BCUT2D eigenvalue weighted by atomic mass is 10.4. The highest BCUT2D eigenvalue weighted by atomic mass is 15.1. The van der Waals surface area contributed by atoms with E-state index in [-0.39, 0.29) is 0 Å². The van der Waals surface area contributed by atoms with Crippen molar-refractivity contribution in [2.75, 3.05) is 13.6 Å². The van der Waals surface area contributed by atoms with Crippen LogP contribution in [0.1, 0.15) is 13.8 Å². The molecule has 0 aromatic rings. The maximum atomic E-state index is 2.12. The van der Waals surface area contributed by atoms with E-state index in [0.717, 1.165) is 6.54 Å². The third kappa shape index (κ3) is 2.26. The zero-order valence-electron chi connectivity index (χ0n) is 5.31. The van der Waals surface area contributed by atoms with Gasteiger partial charge in [0.15, 0.2) is 0 Å². The molecule has 1 heterocycles. The van der Waals surface area contributed by atoms with Crippen molar-refractivity contribution in [1.82, 2.24) is 4.90 Å². The minimum atomic E-state index is 1.14. The zero-order chi connectivity index (χ0) is 5.70. The molecule has 0 saturated heterocycles. The van der Waals surface area contributed by atoms with E-state index in [9.17, 15) is 0 Å². The fourth-order valence-corrected chi connectivity index (χ4v) is 0.316. The van der Waals surface area contributed by atoms with Crippen molar-refractivity contribution < 1.29 is 0 Å². The van der Waals surface area contributed by atoms with Crippen molar-refractivity contribution >= 4 is 0 Å². The summed E-state index contributed by atoms with van der Waals surface area (Å²) in [4.78, 5) is 2.12. The molecular formula is C6H13N. The van der Waals surface area contributed by atoms with Gasteiger partial charge in [-0.1, -0.05) is 13.8 Å². The minimum Gasteiger partial charge on any atom is -0.377 e. The molecule has 0 unspecified atom stereocenters. The molecule has 0 amide bonds. The lowest BCUT2D eigenvalue weighted by molar-refractivity contribution is 0.459. The van der Waals surface area contributed by atoms with Gasteiger partial charge in [0.25, 0.3) is 0 Å². The van der Waals surface area contributed by atoms with Gasteiger partial charge in [-0.15, -0.1) is 0 Å². The SMILES string of the molecule is CC.CN1C=CC1. The first-order valence-electron chi connectivity index (χ1n) is 2.76. The summed E-state index contributed by atoms with van der Waals surface area (Å²) in [6, 6.07) is 0. The Morgan fingerprint density at radius 2 is 1.71 bits per heavy atom. The molecule has 1 aliphatic rings. The van der Waals surface area contributed by atoms with E-state index in [0.29, 0.717) is 0 Å². The third-order valence-electron chi connectivity index (χ3n) is 0.753. The average molecular weight is 99.2 g/mol. The molecule has 0 saturated carbocycles. The number of hydrogen-bond acceptors (Lipinski definition) is 1. The Morgan fingerprint density at radius 3 is 1.71 bits per heavy atom. The van der Waals surface area contributed by atoms with Gasteiger partial charge >= 0.3 is 0 Å². The van der Waals surface area contributed by atoms with Crippen LogP contribution in [-0.4, -0.2) is 18.5 Å². The Hall–Kier alpha value is -0.460. The van der Waals surface area contributed by atoms with Crippen molar-refractivity contribution in [2.24, 2.45) is 0 Å². The molecule has 0 radical (unpaired) electrons. The smallest absolute Gasteiger partial charge is 0.0367 e. The molecule has 1 heteroatoms. The van der Waals surface area contributed by atoms with Crippen LogP contribution in [-0.2, 0) is 0 Å². The van der Waals surface area contributed by atoms with E-state index in [1.165, 1.54) is 0 Å². The molecule has 0 spiro atoms. The Morgan fingerprint density at radius 1 is 1.43 bits per heavy atom. The predicted molar refractivity (Wildman–Crippen MR) is 33.1 cm³/mol. The van der Waals surface area contributed by atoms with E-state index in [2.05, 4.69) is 24.2 Å². The van der Waals surface area contributed by atoms with Gasteiger partial charge < -0.3 is 4.90 Å². The molecule has 0 aliphatic carbocycles. The summed E-state index contributed by atoms with van der Waals surface area (Å²) < 4.78 is 0. The second-order valence-corrected chi connectivity index (χ2v) is 1.32. The van der Waals surface area contributed by atoms with Gasteiger partial charge in [-0.05, 0) is 12.3 Å². The maximum Gasteiger partial charge on any atom is 0.0367 e. The fourth-order valence-electron chi connectivity index (χ4n) is 0.316. The summed E-state index contributed by atoms with van der Waals surface area (Å²) in [5.74, 6) is 0. The quantitative estimate of drug-likeness (QED) is 0.444. The molecule has 0 atom stereocenters. The Balaban J connectivity index is 0.000000162. The van der Waals surface area contributed by atoms with Crippen molar-refractivity contribution in [1.29, 1.82) is 0 Å². The Kier molecular flexibility index (Phi) is 3.48. The van der Waals surface area contributed by atoms with Crippen LogP contribution >= 0.6 is 0 Å². The Labute approximate surface area is 45.6 Å². The standard InChI is InChI=1S/C4H7N.C2H6/c1-5-3-2-4-5;1-2/h2-3H,4H2,1H3;1-2H3. The predicted octanol–water partition coefficient (Wildman–Crippen LogP) is 1.47. The van der Waals surface area contributed by atoms with Crippen LogP contribution in [0.25, 0.3) is 0 Å². The van der Waals surface area contributed by atoms with Gasteiger partial charge in [-0.2, -0.15) is 0 Å². The molecule has 0 aromatic carbocycles. The summed E-state index contributed by atoms with van der Waals surface area (Å²) >= 11 is 0. The second-order valence-electron chi connectivity index (χ2n) is 1.32. The maximum absolute atomic E-state index is 2.12. The van der Waals surface area contributed by atoms with Gasteiger partial charge in [-0.25, -0.2) is 0 Å². The molecule has 0 bridgehead atoms. The topological polar surface area (TPSA) is 3.24 Å². The summed E-state index contributed by atoms with van der Waals surface area (Å²) in [5, 5.41) is 0. The molecular weight excluding hydrogens is 86.1 g/mol. The van der Waals surface area contributed by atoms with Crippen molar-refractivity contribution in [3.63, 3.8) is 0 Å². The lowest BCUT2D eigenvalue weighted by Crippen LogP contribution is -2.17. The molecule has 7 heavy (non-hydrogen) atoms. The minimum absolute atomic E-state index is 1.14. The van der Waals surface area contributed by atoms with Gasteiger partial charge in [0, 0.05) is 13.6 Å². The summed E-state index contributed by atoms with van der Waals surface area (Å²) in [5.41, 5.74) is 0. The van der Waals surface area contributed by atoms with E-state index in [1.54, 1.807) is 0 Å². The van der Waals surface area contributed by atoms with Crippen LogP contribution in [0.15, 0.2) is 12.3 Å². The van der Waals surface area contributed by atoms with Crippen LogP contribution in [0.4, 0.5) is 0 Å². The Bertz CT molecular complexity index is 57.2. The monoisotopic (exact) mass is 99.1 g/mol. The van der Waals surface area contributed by atoms with E-state index in [4.69, 9.17) is 0 Å². The lowest BCUT2D eigenvalue weighted by Gasteiger charge is -2.17.